The van der Waals surface area contributed by atoms with Crippen LogP contribution < -0.4 is 19.1 Å². The first-order chi connectivity index (χ1) is 32.9. The molecule has 7 heterocycles. The summed E-state index contributed by atoms with van der Waals surface area (Å²) in [4.78, 5) is 35.4. The minimum Gasteiger partial charge on any atom is -0.467 e. The molecule has 1 amide bonds. The maximum atomic E-state index is 16.6. The summed E-state index contributed by atoms with van der Waals surface area (Å²) in [5, 5.41) is 1.19. The number of imidazole rings is 1. The number of hydrogen-bond donors (Lipinski definition) is 0. The van der Waals surface area contributed by atoms with E-state index in [9.17, 15) is 9.18 Å². The minimum atomic E-state index is -2.30. The van der Waals surface area contributed by atoms with Crippen LogP contribution in [0.15, 0.2) is 24.3 Å². The number of rotatable bonds is 13. The van der Waals surface area contributed by atoms with E-state index in [1.807, 2.05) is 31.7 Å². The monoisotopic (exact) mass is 972 g/mol. The van der Waals surface area contributed by atoms with Crippen molar-refractivity contribution in [2.24, 2.45) is 0 Å². The average molecular weight is 972 g/mol. The van der Waals surface area contributed by atoms with Gasteiger partial charge in [-0.15, -0.1) is 5.54 Å². The van der Waals surface area contributed by atoms with E-state index >= 15 is 4.39 Å². The Labute approximate surface area is 406 Å². The molecule has 2 aromatic carbocycles. The molecule has 0 radical (unpaired) electrons. The van der Waals surface area contributed by atoms with E-state index in [-0.39, 0.29) is 55.2 Å². The fraction of sp³-hybridized carbons (Fsp3) is 0.654. The molecule has 2 bridgehead atoms. The van der Waals surface area contributed by atoms with Crippen LogP contribution in [0.4, 0.5) is 19.4 Å². The zero-order valence-corrected chi connectivity index (χ0v) is 43.2. The summed E-state index contributed by atoms with van der Waals surface area (Å²) in [6, 6.07) is 6.79. The van der Waals surface area contributed by atoms with Crippen molar-refractivity contribution in [2.45, 2.75) is 159 Å². The van der Waals surface area contributed by atoms with Crippen LogP contribution in [-0.4, -0.2) is 133 Å². The number of halogens is 2. The predicted molar refractivity (Wildman–Crippen MR) is 264 cm³/mol. The summed E-state index contributed by atoms with van der Waals surface area (Å²) >= 11 is 0. The Morgan fingerprint density at radius 2 is 1.65 bits per heavy atom. The number of ether oxygens (including phenoxy) is 6. The van der Waals surface area contributed by atoms with Gasteiger partial charge in [0.15, 0.2) is 18.3 Å². The lowest BCUT2D eigenvalue weighted by Crippen LogP contribution is -2.57. The van der Waals surface area contributed by atoms with Crippen molar-refractivity contribution in [3.63, 3.8) is 0 Å². The first-order valence-corrected chi connectivity index (χ1v) is 27.4. The fourth-order valence-electron chi connectivity index (χ4n) is 12.4. The Morgan fingerprint density at radius 1 is 0.942 bits per heavy atom. The molecular weight excluding hydrogens is 901 g/mol. The fourth-order valence-corrected chi connectivity index (χ4v) is 17.6. The van der Waals surface area contributed by atoms with Gasteiger partial charge < -0.3 is 33.3 Å². The topological polar surface area (TPSA) is 126 Å². The lowest BCUT2D eigenvalue weighted by Gasteiger charge is -2.42. The first kappa shape index (κ1) is 49.2. The molecule has 14 nitrogen and oxygen atoms in total. The third kappa shape index (κ3) is 9.47. The molecule has 2 aromatic heterocycles. The number of methoxy groups -OCH3 is 1. The van der Waals surface area contributed by atoms with Crippen molar-refractivity contribution in [1.82, 2.24) is 29.3 Å². The number of alkyl halides is 1. The third-order valence-electron chi connectivity index (χ3n) is 15.5. The number of carbonyl (C=O) groups is 1. The quantitative estimate of drug-likeness (QED) is 0.0719. The molecule has 0 N–H and O–H groups in total. The van der Waals surface area contributed by atoms with Crippen LogP contribution in [-0.2, 0) is 14.2 Å². The molecule has 5 fully saturated rings. The van der Waals surface area contributed by atoms with Gasteiger partial charge in [0.2, 0.25) is 0 Å². The second-order valence-corrected chi connectivity index (χ2v) is 27.5. The summed E-state index contributed by atoms with van der Waals surface area (Å²) < 4.78 is 70.5. The highest BCUT2D eigenvalue weighted by Gasteiger charge is 2.50. The molecule has 0 saturated carbocycles. The summed E-state index contributed by atoms with van der Waals surface area (Å²) in [7, 11) is -0.740. The molecule has 9 rings (SSSR count). The van der Waals surface area contributed by atoms with E-state index in [2.05, 4.69) is 67.4 Å². The highest BCUT2D eigenvalue weighted by atomic mass is 28.3. The predicted octanol–water partition coefficient (Wildman–Crippen LogP) is 10.4. The lowest BCUT2D eigenvalue weighted by molar-refractivity contribution is 0.0122. The summed E-state index contributed by atoms with van der Waals surface area (Å²) in [5.41, 5.74) is 4.96. The summed E-state index contributed by atoms with van der Waals surface area (Å²) in [5.74, 6) is 4.37. The zero-order valence-electron chi connectivity index (χ0n) is 42.2. The maximum absolute atomic E-state index is 16.6. The number of aromatic nitrogens is 4. The molecule has 4 atom stereocenters. The SMILES string of the molecule is COCOc1cc(Oc2nc3nc(OC[C@@]45CCCN4C[C@H](F)C5)nc(N4CC5CCC(C4)N5C(=O)OC(C)(C)C)c3n2C2CCOCC2)c2c(C#C[Si](C(C)C)(C(C)C)C(C)C)c(F)ccc2c1. The van der Waals surface area contributed by atoms with E-state index in [0.29, 0.717) is 108 Å². The van der Waals surface area contributed by atoms with Crippen molar-refractivity contribution in [1.29, 1.82) is 0 Å². The molecule has 5 aliphatic heterocycles. The van der Waals surface area contributed by atoms with E-state index < -0.39 is 31.2 Å². The van der Waals surface area contributed by atoms with E-state index in [4.69, 9.17) is 43.4 Å². The Hall–Kier alpha value is -4.76. The van der Waals surface area contributed by atoms with E-state index in [1.165, 1.54) is 6.07 Å². The Kier molecular flexibility index (Phi) is 13.9. The molecule has 5 saturated heterocycles. The second kappa shape index (κ2) is 19.4. The van der Waals surface area contributed by atoms with Gasteiger partial charge in [-0.1, -0.05) is 53.5 Å². The number of carbonyl (C=O) groups excluding carboxylic acids is 1. The molecule has 17 heteroatoms. The molecule has 69 heavy (non-hydrogen) atoms. The number of fused-ring (bicyclic) bond motifs is 5. The van der Waals surface area contributed by atoms with Crippen LogP contribution in [0.2, 0.25) is 16.6 Å². The molecule has 4 aromatic rings. The Morgan fingerprint density at radius 3 is 2.32 bits per heavy atom. The van der Waals surface area contributed by atoms with Gasteiger partial charge in [-0.2, -0.15) is 15.0 Å². The third-order valence-corrected chi connectivity index (χ3v) is 21.8. The number of benzene rings is 2. The van der Waals surface area contributed by atoms with Gasteiger partial charge in [-0.3, -0.25) is 14.4 Å². The number of piperazine rings is 1. The number of amides is 1. The second-order valence-electron chi connectivity index (χ2n) is 21.9. The maximum Gasteiger partial charge on any atom is 0.410 e. The van der Waals surface area contributed by atoms with E-state index in [1.54, 1.807) is 19.2 Å². The van der Waals surface area contributed by atoms with Crippen molar-refractivity contribution in [3.05, 3.63) is 35.6 Å². The van der Waals surface area contributed by atoms with Crippen LogP contribution in [0, 0.1) is 17.3 Å². The standard InChI is InChI=1S/C52H71F2N7O7Si/c1-32(2)69(33(3)4,34(5)6)23-18-41-42(54)15-12-35-24-40(66-31-63-10)25-43(44(35)41)67-49-56-46-45(61(49)37-16-21-64-22-17-37)47(57-48(55-46)65-30-52-19-11-20-59(52)27-36(53)26-52)58-28-38-13-14-39(29-58)60(38)50(62)68-51(7,8)9/h12,15,24-25,32-34,36-39H,11,13-14,16-17,19-22,26-31H2,1-10H3/t36-,38?,39?,52+/m1/s1. The Bertz CT molecular complexity index is 2570. The summed E-state index contributed by atoms with van der Waals surface area (Å²) in [6.07, 6.45) is 3.94. The van der Waals surface area contributed by atoms with Gasteiger partial charge in [-0.25, -0.2) is 13.6 Å². The van der Waals surface area contributed by atoms with Gasteiger partial charge in [0, 0.05) is 63.9 Å². The zero-order chi connectivity index (χ0) is 49.0. The van der Waals surface area contributed by atoms with Crippen molar-refractivity contribution in [3.8, 4) is 35.0 Å². The average Bonchev–Trinajstić information content (AvgIpc) is 4.02. The van der Waals surface area contributed by atoms with Crippen molar-refractivity contribution >= 4 is 41.9 Å². The minimum absolute atomic E-state index is 0.0133. The molecule has 374 valence electrons. The van der Waals surface area contributed by atoms with Crippen LogP contribution in [0.3, 0.4) is 0 Å². The molecule has 2 unspecified atom stereocenters. The van der Waals surface area contributed by atoms with Crippen molar-refractivity contribution < 1.29 is 42.0 Å². The number of hydrogen-bond acceptors (Lipinski definition) is 12. The van der Waals surface area contributed by atoms with Gasteiger partial charge >= 0.3 is 18.1 Å². The van der Waals surface area contributed by atoms with E-state index in [0.717, 1.165) is 32.2 Å². The van der Waals surface area contributed by atoms with Crippen LogP contribution >= 0.6 is 0 Å². The number of anilines is 1. The van der Waals surface area contributed by atoms with Gasteiger partial charge in [-0.05, 0) is 100.0 Å². The van der Waals surface area contributed by atoms with Crippen LogP contribution in [0.5, 0.6) is 23.5 Å². The Balaban J connectivity index is 1.21. The molecule has 5 aliphatic rings. The molecule has 0 aliphatic carbocycles. The molecular formula is C52H71F2N7O7Si. The smallest absolute Gasteiger partial charge is 0.410 e. The summed E-state index contributed by atoms with van der Waals surface area (Å²) in [6.45, 7) is 22.6. The number of nitrogens with zero attached hydrogens (tertiary/aromatic N) is 7. The van der Waals surface area contributed by atoms with Crippen molar-refractivity contribution in [2.75, 3.05) is 64.8 Å². The largest absolute Gasteiger partial charge is 0.467 e. The normalized spacial score (nSPS) is 23.4. The first-order valence-electron chi connectivity index (χ1n) is 25.2. The van der Waals surface area contributed by atoms with Gasteiger partial charge in [0.1, 0.15) is 49.3 Å². The van der Waals surface area contributed by atoms with Crippen LogP contribution in [0.25, 0.3) is 21.9 Å². The van der Waals surface area contributed by atoms with Gasteiger partial charge in [0.05, 0.1) is 23.2 Å². The molecule has 0 spiro atoms. The van der Waals surface area contributed by atoms with Gasteiger partial charge in [0.25, 0.3) is 0 Å². The highest BCUT2D eigenvalue weighted by molar-refractivity contribution is 6.90. The highest BCUT2D eigenvalue weighted by Crippen LogP contribution is 2.46. The van der Waals surface area contributed by atoms with Crippen LogP contribution in [0.1, 0.15) is 119 Å². The lowest BCUT2D eigenvalue weighted by atomic mass is 9.95.